The first-order chi connectivity index (χ1) is 20.8. The van der Waals surface area contributed by atoms with Gasteiger partial charge in [-0.2, -0.15) is 26.3 Å². The van der Waals surface area contributed by atoms with Crippen LogP contribution in [0.4, 0.5) is 36.8 Å². The number of nitrogens with zero attached hydrogens (tertiary/aromatic N) is 3. The molecule has 1 saturated heterocycles. The van der Waals surface area contributed by atoms with Crippen molar-refractivity contribution in [1.29, 1.82) is 0 Å². The Kier molecular flexibility index (Phi) is 10.6. The third-order valence-electron chi connectivity index (χ3n) is 6.95. The number of carbonyl (C=O) groups excluding carboxylic acids is 2. The first-order valence-corrected chi connectivity index (χ1v) is 13.8. The smallest absolute Gasteiger partial charge is 0.416 e. The van der Waals surface area contributed by atoms with Gasteiger partial charge in [-0.15, -0.1) is 0 Å². The van der Waals surface area contributed by atoms with Crippen LogP contribution in [-0.2, 0) is 35.0 Å². The number of nitrogens with one attached hydrogen (secondary N) is 1. The van der Waals surface area contributed by atoms with Crippen LogP contribution in [0.1, 0.15) is 28.2 Å². The number of ether oxygens (including phenoxy) is 1. The normalized spacial score (nSPS) is 14.3. The topological polar surface area (TPSA) is 78.3 Å². The van der Waals surface area contributed by atoms with E-state index in [1.807, 2.05) is 23.1 Å². The lowest BCUT2D eigenvalue weighted by Crippen LogP contribution is -2.48. The lowest BCUT2D eigenvalue weighted by atomic mass is 10.1. The zero-order valence-corrected chi connectivity index (χ0v) is 23.9. The van der Waals surface area contributed by atoms with Crippen LogP contribution in [0.15, 0.2) is 65.1 Å². The minimum atomic E-state index is -5.09. The van der Waals surface area contributed by atoms with Crippen LogP contribution in [0.5, 0.6) is 0 Å². The molecule has 3 aromatic rings. The van der Waals surface area contributed by atoms with E-state index < -0.39 is 47.6 Å². The molecule has 0 radical (unpaired) electrons. The van der Waals surface area contributed by atoms with Crippen molar-refractivity contribution in [1.82, 2.24) is 14.7 Å². The van der Waals surface area contributed by atoms with Gasteiger partial charge < -0.3 is 24.3 Å². The Bertz CT molecular complexity index is 1370. The van der Waals surface area contributed by atoms with Gasteiger partial charge in [-0.3, -0.25) is 9.69 Å². The monoisotopic (exact) mass is 626 g/mol. The summed E-state index contributed by atoms with van der Waals surface area (Å²) >= 11 is 0. The molecule has 1 aliphatic rings. The number of hydrogen-bond acceptors (Lipinski definition) is 5. The quantitative estimate of drug-likeness (QED) is 0.279. The van der Waals surface area contributed by atoms with Gasteiger partial charge in [-0.25, -0.2) is 4.79 Å². The Morgan fingerprint density at radius 2 is 1.50 bits per heavy atom. The molecule has 1 N–H and O–H groups in total. The molecule has 0 unspecified atom stereocenters. The van der Waals surface area contributed by atoms with E-state index in [-0.39, 0.29) is 25.7 Å². The fourth-order valence-electron chi connectivity index (χ4n) is 4.63. The summed E-state index contributed by atoms with van der Waals surface area (Å²) in [5, 5.41) is 2.16. The van der Waals surface area contributed by atoms with Gasteiger partial charge in [-0.1, -0.05) is 30.3 Å². The van der Waals surface area contributed by atoms with Crippen LogP contribution in [0, 0.1) is 6.92 Å². The molecule has 3 amide bonds. The summed E-state index contributed by atoms with van der Waals surface area (Å²) in [6, 6.07) is 12.4. The second kappa shape index (κ2) is 14.2. The van der Waals surface area contributed by atoms with Crippen LogP contribution >= 0.6 is 0 Å². The van der Waals surface area contributed by atoms with E-state index in [2.05, 4.69) is 5.32 Å². The van der Waals surface area contributed by atoms with Crippen molar-refractivity contribution < 1.29 is 45.1 Å². The lowest BCUT2D eigenvalue weighted by Gasteiger charge is -2.31. The van der Waals surface area contributed by atoms with Crippen molar-refractivity contribution >= 4 is 17.6 Å². The number of carbonyl (C=O) groups is 2. The molecule has 1 fully saturated rings. The average molecular weight is 627 g/mol. The maximum absolute atomic E-state index is 13.7. The number of rotatable bonds is 10. The number of morpholine rings is 1. The molecule has 2 heterocycles. The van der Waals surface area contributed by atoms with Crippen molar-refractivity contribution in [3.05, 3.63) is 88.9 Å². The van der Waals surface area contributed by atoms with Gasteiger partial charge in [0.05, 0.1) is 30.9 Å². The van der Waals surface area contributed by atoms with Gasteiger partial charge in [0, 0.05) is 38.4 Å². The highest BCUT2D eigenvalue weighted by Crippen LogP contribution is 2.37. The number of alkyl halides is 6. The second-order valence-corrected chi connectivity index (χ2v) is 10.3. The number of amides is 3. The van der Waals surface area contributed by atoms with Crippen LogP contribution in [0.25, 0.3) is 0 Å². The minimum Gasteiger partial charge on any atom is -0.464 e. The largest absolute Gasteiger partial charge is 0.464 e. The minimum absolute atomic E-state index is 0.0206. The molecule has 2 aromatic carbocycles. The molecule has 8 nitrogen and oxygen atoms in total. The zero-order valence-electron chi connectivity index (χ0n) is 23.9. The van der Waals surface area contributed by atoms with Gasteiger partial charge in [0.1, 0.15) is 18.1 Å². The highest BCUT2D eigenvalue weighted by Gasteiger charge is 2.37. The molecule has 0 saturated carbocycles. The van der Waals surface area contributed by atoms with Crippen LogP contribution in [0.2, 0.25) is 0 Å². The van der Waals surface area contributed by atoms with E-state index in [0.29, 0.717) is 56.5 Å². The number of halogens is 6. The first kappa shape index (κ1) is 32.9. The van der Waals surface area contributed by atoms with Crippen molar-refractivity contribution in [2.24, 2.45) is 0 Å². The average Bonchev–Trinajstić information content (AvgIpc) is 3.39. The molecular formula is C30H32F6N4O4. The standard InChI is InChI=1S/C30H32F6N4O4/c1-21-7-8-26(44-21)19-40(18-22-5-3-2-4-6-22)27(41)20-39(10-9-38-11-13-43-14-12-38)28(42)37-25-16-23(29(31,32)33)15-24(17-25)30(34,35)36/h2-8,15-17H,9-14,18-20H2,1H3,(H,37,42). The number of anilines is 1. The van der Waals surface area contributed by atoms with E-state index in [9.17, 15) is 35.9 Å². The number of furan rings is 1. The summed E-state index contributed by atoms with van der Waals surface area (Å²) in [7, 11) is 0. The summed E-state index contributed by atoms with van der Waals surface area (Å²) in [5.74, 6) is 0.637. The highest BCUT2D eigenvalue weighted by molar-refractivity contribution is 5.92. The Morgan fingerprint density at radius 3 is 2.07 bits per heavy atom. The van der Waals surface area contributed by atoms with E-state index in [1.54, 1.807) is 31.2 Å². The van der Waals surface area contributed by atoms with Crippen LogP contribution in [0.3, 0.4) is 0 Å². The Balaban J connectivity index is 1.58. The Labute approximate surface area is 250 Å². The molecule has 0 spiro atoms. The van der Waals surface area contributed by atoms with Crippen LogP contribution < -0.4 is 5.32 Å². The molecular weight excluding hydrogens is 594 g/mol. The summed E-state index contributed by atoms with van der Waals surface area (Å²) in [5.41, 5.74) is -3.03. The predicted molar refractivity (Wildman–Crippen MR) is 148 cm³/mol. The summed E-state index contributed by atoms with van der Waals surface area (Å²) in [6.45, 7) is 3.82. The number of urea groups is 1. The van der Waals surface area contributed by atoms with Gasteiger partial charge >= 0.3 is 18.4 Å². The molecule has 14 heteroatoms. The molecule has 238 valence electrons. The number of aryl methyl sites for hydroxylation is 1. The zero-order chi connectivity index (χ0) is 31.9. The van der Waals surface area contributed by atoms with E-state index in [1.165, 1.54) is 4.90 Å². The molecule has 4 rings (SSSR count). The van der Waals surface area contributed by atoms with Crippen molar-refractivity contribution in [3.8, 4) is 0 Å². The highest BCUT2D eigenvalue weighted by atomic mass is 19.4. The van der Waals surface area contributed by atoms with Gasteiger partial charge in [0.25, 0.3) is 0 Å². The van der Waals surface area contributed by atoms with E-state index in [4.69, 9.17) is 9.15 Å². The van der Waals surface area contributed by atoms with Gasteiger partial charge in [0.15, 0.2) is 0 Å². The SMILES string of the molecule is Cc1ccc(CN(Cc2ccccc2)C(=O)CN(CCN2CCOCC2)C(=O)Nc2cc(C(F)(F)F)cc(C(F)(F)F)c2)o1. The maximum Gasteiger partial charge on any atom is 0.416 e. The van der Waals surface area contributed by atoms with Gasteiger partial charge in [-0.05, 0) is 42.8 Å². The molecule has 44 heavy (non-hydrogen) atoms. The van der Waals surface area contributed by atoms with Crippen LogP contribution in [-0.4, -0.2) is 72.6 Å². The first-order valence-electron chi connectivity index (χ1n) is 13.8. The second-order valence-electron chi connectivity index (χ2n) is 10.3. The summed E-state index contributed by atoms with van der Waals surface area (Å²) in [6.07, 6.45) is -10.2. The molecule has 1 aromatic heterocycles. The van der Waals surface area contributed by atoms with Gasteiger partial charge in [0.2, 0.25) is 5.91 Å². The fraction of sp³-hybridized carbons (Fsp3) is 0.400. The lowest BCUT2D eigenvalue weighted by molar-refractivity contribution is -0.143. The number of hydrogen-bond donors (Lipinski definition) is 1. The molecule has 0 bridgehead atoms. The molecule has 1 aliphatic heterocycles. The maximum atomic E-state index is 13.7. The molecule has 0 atom stereocenters. The van der Waals surface area contributed by atoms with Crippen molar-refractivity contribution in [3.63, 3.8) is 0 Å². The summed E-state index contributed by atoms with van der Waals surface area (Å²) in [4.78, 5) is 31.6. The van der Waals surface area contributed by atoms with Crippen molar-refractivity contribution in [2.45, 2.75) is 32.4 Å². The van der Waals surface area contributed by atoms with E-state index >= 15 is 0 Å². The third-order valence-corrected chi connectivity index (χ3v) is 6.95. The fourth-order valence-corrected chi connectivity index (χ4v) is 4.63. The summed E-state index contributed by atoms with van der Waals surface area (Å²) < 4.78 is 91.5. The predicted octanol–water partition coefficient (Wildman–Crippen LogP) is 6.02. The van der Waals surface area contributed by atoms with E-state index in [0.717, 1.165) is 10.5 Å². The number of benzene rings is 2. The third kappa shape index (κ3) is 9.48. The molecule has 0 aliphatic carbocycles. The van der Waals surface area contributed by atoms with Crippen molar-refractivity contribution in [2.75, 3.05) is 51.3 Å². The Hall–Kier alpha value is -4.04. The Morgan fingerprint density at radius 1 is 0.864 bits per heavy atom.